The Balaban J connectivity index is 2.06. The molecule has 0 bridgehead atoms. The van der Waals surface area contributed by atoms with E-state index < -0.39 is 0 Å². The number of hydrogen-bond donors (Lipinski definition) is 1. The van der Waals surface area contributed by atoms with Gasteiger partial charge in [-0.2, -0.15) is 0 Å². The Hall–Kier alpha value is -1.09. The Morgan fingerprint density at radius 2 is 1.84 bits per heavy atom. The number of rotatable bonds is 5. The Morgan fingerprint density at radius 1 is 1.11 bits per heavy atom. The topological polar surface area (TPSA) is 24.9 Å². The first-order valence-corrected chi connectivity index (χ1v) is 6.94. The molecule has 0 fully saturated rings. The number of nitrogens with zero attached hydrogens (tertiary/aromatic N) is 1. The van der Waals surface area contributed by atoms with E-state index in [1.807, 2.05) is 43.7 Å². The lowest BCUT2D eigenvalue weighted by Crippen LogP contribution is -2.30. The lowest BCUT2D eigenvalue weighted by atomic mass is 10.00. The van der Waals surface area contributed by atoms with Gasteiger partial charge in [0.15, 0.2) is 0 Å². The summed E-state index contributed by atoms with van der Waals surface area (Å²) in [4.78, 5) is 4.03. The number of aromatic nitrogens is 1. The largest absolute Gasteiger partial charge is 0.316 e. The summed E-state index contributed by atoms with van der Waals surface area (Å²) >= 11 is 12.1. The van der Waals surface area contributed by atoms with E-state index in [9.17, 15) is 0 Å². The molecule has 0 amide bonds. The molecule has 1 atom stereocenters. The van der Waals surface area contributed by atoms with Crippen LogP contribution in [0, 0.1) is 0 Å². The second-order valence-electron chi connectivity index (χ2n) is 4.49. The molecular formula is C15H16Cl2N2. The molecule has 2 aromatic rings. The van der Waals surface area contributed by atoms with Gasteiger partial charge in [0.1, 0.15) is 0 Å². The van der Waals surface area contributed by atoms with Gasteiger partial charge in [-0.05, 0) is 55.3 Å². The molecule has 1 unspecified atom stereocenters. The normalized spacial score (nSPS) is 12.4. The first-order valence-electron chi connectivity index (χ1n) is 6.19. The molecule has 0 spiro atoms. The molecule has 1 N–H and O–H groups in total. The van der Waals surface area contributed by atoms with Gasteiger partial charge in [-0.15, -0.1) is 0 Å². The summed E-state index contributed by atoms with van der Waals surface area (Å²) in [6.07, 6.45) is 5.45. The van der Waals surface area contributed by atoms with Crippen molar-refractivity contribution in [3.8, 4) is 0 Å². The Bertz CT molecular complexity index is 529. The Labute approximate surface area is 123 Å². The molecule has 0 aliphatic heterocycles. The number of benzene rings is 1. The van der Waals surface area contributed by atoms with Crippen molar-refractivity contribution in [3.05, 3.63) is 63.9 Å². The molecule has 1 aromatic heterocycles. The van der Waals surface area contributed by atoms with Crippen molar-refractivity contribution >= 4 is 23.2 Å². The highest BCUT2D eigenvalue weighted by molar-refractivity contribution is 6.35. The lowest BCUT2D eigenvalue weighted by Gasteiger charge is -2.17. The molecule has 0 saturated heterocycles. The van der Waals surface area contributed by atoms with Crippen LogP contribution in [0.3, 0.4) is 0 Å². The van der Waals surface area contributed by atoms with E-state index in [0.29, 0.717) is 11.1 Å². The Kier molecular flexibility index (Phi) is 5.20. The third kappa shape index (κ3) is 4.20. The zero-order valence-electron chi connectivity index (χ0n) is 10.7. The zero-order valence-corrected chi connectivity index (χ0v) is 12.2. The second kappa shape index (κ2) is 6.90. The van der Waals surface area contributed by atoms with Crippen LogP contribution in [0.25, 0.3) is 0 Å². The maximum atomic E-state index is 6.21. The maximum Gasteiger partial charge on any atom is 0.0453 e. The fourth-order valence-electron chi connectivity index (χ4n) is 2.03. The second-order valence-corrected chi connectivity index (χ2v) is 5.33. The van der Waals surface area contributed by atoms with E-state index in [4.69, 9.17) is 23.2 Å². The van der Waals surface area contributed by atoms with Gasteiger partial charge in [0.25, 0.3) is 0 Å². The molecule has 4 heteroatoms. The van der Waals surface area contributed by atoms with Crippen molar-refractivity contribution in [1.29, 1.82) is 0 Å². The number of likely N-dealkylation sites (N-methyl/N-ethyl adjacent to an activating group) is 1. The average molecular weight is 295 g/mol. The van der Waals surface area contributed by atoms with Crippen LogP contribution in [0.2, 0.25) is 10.0 Å². The van der Waals surface area contributed by atoms with E-state index in [0.717, 1.165) is 23.4 Å². The Morgan fingerprint density at radius 3 is 2.47 bits per heavy atom. The summed E-state index contributed by atoms with van der Waals surface area (Å²) in [5, 5.41) is 4.72. The van der Waals surface area contributed by atoms with E-state index in [1.54, 1.807) is 6.07 Å². The van der Waals surface area contributed by atoms with Crippen LogP contribution in [0.1, 0.15) is 11.1 Å². The zero-order chi connectivity index (χ0) is 13.7. The molecule has 0 saturated carbocycles. The standard InChI is InChI=1S/C15H16Cl2N2/c1-18-14(8-11-4-6-19-7-5-11)9-12-2-3-13(16)10-15(12)17/h2-7,10,14,18H,8-9H2,1H3. The monoisotopic (exact) mass is 294 g/mol. The van der Waals surface area contributed by atoms with Crippen molar-refractivity contribution in [2.45, 2.75) is 18.9 Å². The minimum atomic E-state index is 0.334. The van der Waals surface area contributed by atoms with Gasteiger partial charge in [-0.25, -0.2) is 0 Å². The average Bonchev–Trinajstić information content (AvgIpc) is 2.42. The molecule has 1 aromatic carbocycles. The third-order valence-corrected chi connectivity index (χ3v) is 3.71. The summed E-state index contributed by atoms with van der Waals surface area (Å²) in [6.45, 7) is 0. The van der Waals surface area contributed by atoms with Crippen LogP contribution < -0.4 is 5.32 Å². The molecule has 2 rings (SSSR count). The van der Waals surface area contributed by atoms with Gasteiger partial charge in [0.2, 0.25) is 0 Å². The van der Waals surface area contributed by atoms with E-state index >= 15 is 0 Å². The summed E-state index contributed by atoms with van der Waals surface area (Å²) in [5.41, 5.74) is 2.37. The predicted molar refractivity (Wildman–Crippen MR) is 81.0 cm³/mol. The smallest absolute Gasteiger partial charge is 0.0453 e. The first-order chi connectivity index (χ1) is 9.19. The van der Waals surface area contributed by atoms with Gasteiger partial charge in [-0.3, -0.25) is 4.98 Å². The summed E-state index contributed by atoms with van der Waals surface area (Å²) in [7, 11) is 1.97. The van der Waals surface area contributed by atoms with Crippen LogP contribution >= 0.6 is 23.2 Å². The van der Waals surface area contributed by atoms with Gasteiger partial charge in [-0.1, -0.05) is 29.3 Å². The van der Waals surface area contributed by atoms with Crippen LogP contribution in [0.4, 0.5) is 0 Å². The molecular weight excluding hydrogens is 279 g/mol. The molecule has 0 aliphatic rings. The lowest BCUT2D eigenvalue weighted by molar-refractivity contribution is 0.556. The van der Waals surface area contributed by atoms with Crippen molar-refractivity contribution in [2.24, 2.45) is 0 Å². The van der Waals surface area contributed by atoms with Crippen molar-refractivity contribution in [3.63, 3.8) is 0 Å². The number of pyridine rings is 1. The molecule has 1 heterocycles. The fraction of sp³-hybridized carbons (Fsp3) is 0.267. The van der Waals surface area contributed by atoms with Gasteiger partial charge >= 0.3 is 0 Å². The molecule has 0 aliphatic carbocycles. The van der Waals surface area contributed by atoms with Gasteiger partial charge < -0.3 is 5.32 Å². The minimum Gasteiger partial charge on any atom is -0.316 e. The van der Waals surface area contributed by atoms with Crippen LogP contribution in [0.15, 0.2) is 42.7 Å². The van der Waals surface area contributed by atoms with E-state index in [2.05, 4.69) is 10.3 Å². The van der Waals surface area contributed by atoms with Crippen LogP contribution in [-0.2, 0) is 12.8 Å². The van der Waals surface area contributed by atoms with Crippen molar-refractivity contribution in [2.75, 3.05) is 7.05 Å². The fourth-order valence-corrected chi connectivity index (χ4v) is 2.52. The predicted octanol–water partition coefficient (Wildman–Crippen LogP) is 3.76. The van der Waals surface area contributed by atoms with Gasteiger partial charge in [0, 0.05) is 28.5 Å². The molecule has 2 nitrogen and oxygen atoms in total. The van der Waals surface area contributed by atoms with Crippen LogP contribution in [0.5, 0.6) is 0 Å². The quantitative estimate of drug-likeness (QED) is 0.908. The molecule has 100 valence electrons. The first kappa shape index (κ1) is 14.3. The van der Waals surface area contributed by atoms with Crippen LogP contribution in [-0.4, -0.2) is 18.1 Å². The maximum absolute atomic E-state index is 6.21. The summed E-state index contributed by atoms with van der Waals surface area (Å²) in [6, 6.07) is 10.1. The number of nitrogens with one attached hydrogen (secondary N) is 1. The highest BCUT2D eigenvalue weighted by Crippen LogP contribution is 2.22. The number of halogens is 2. The molecule has 19 heavy (non-hydrogen) atoms. The summed E-state index contributed by atoms with van der Waals surface area (Å²) in [5.74, 6) is 0. The SMILES string of the molecule is CNC(Cc1ccncc1)Cc1ccc(Cl)cc1Cl. The van der Waals surface area contributed by atoms with E-state index in [-0.39, 0.29) is 0 Å². The molecule has 0 radical (unpaired) electrons. The highest BCUT2D eigenvalue weighted by atomic mass is 35.5. The third-order valence-electron chi connectivity index (χ3n) is 3.12. The number of hydrogen-bond acceptors (Lipinski definition) is 2. The van der Waals surface area contributed by atoms with Gasteiger partial charge in [0.05, 0.1) is 0 Å². The van der Waals surface area contributed by atoms with Crippen molar-refractivity contribution < 1.29 is 0 Å². The highest BCUT2D eigenvalue weighted by Gasteiger charge is 2.11. The van der Waals surface area contributed by atoms with Crippen molar-refractivity contribution in [1.82, 2.24) is 10.3 Å². The summed E-state index contributed by atoms with van der Waals surface area (Å²) < 4.78 is 0. The van der Waals surface area contributed by atoms with E-state index in [1.165, 1.54) is 5.56 Å². The minimum absolute atomic E-state index is 0.334.